The SMILES string of the molecule is O=C(O)c1csc(Cc2cc(Br)ccc2OCc2ccc(Cl)cc2)n1. The van der Waals surface area contributed by atoms with E-state index in [4.69, 9.17) is 21.4 Å². The van der Waals surface area contributed by atoms with Gasteiger partial charge in [0, 0.05) is 26.9 Å². The van der Waals surface area contributed by atoms with Gasteiger partial charge in [0.2, 0.25) is 0 Å². The Bertz CT molecular complexity index is 896. The van der Waals surface area contributed by atoms with Crippen LogP contribution in [0, 0.1) is 0 Å². The van der Waals surface area contributed by atoms with Gasteiger partial charge >= 0.3 is 5.97 Å². The van der Waals surface area contributed by atoms with Crippen molar-refractivity contribution in [2.75, 3.05) is 0 Å². The van der Waals surface area contributed by atoms with Gasteiger partial charge < -0.3 is 9.84 Å². The summed E-state index contributed by atoms with van der Waals surface area (Å²) in [6.45, 7) is 0.421. The van der Waals surface area contributed by atoms with Crippen molar-refractivity contribution in [3.63, 3.8) is 0 Å². The van der Waals surface area contributed by atoms with E-state index in [-0.39, 0.29) is 5.69 Å². The minimum absolute atomic E-state index is 0.0682. The zero-order valence-electron chi connectivity index (χ0n) is 12.9. The topological polar surface area (TPSA) is 59.4 Å². The highest BCUT2D eigenvalue weighted by molar-refractivity contribution is 9.10. The van der Waals surface area contributed by atoms with Crippen molar-refractivity contribution in [2.45, 2.75) is 13.0 Å². The van der Waals surface area contributed by atoms with Crippen LogP contribution >= 0.6 is 38.9 Å². The van der Waals surface area contributed by atoms with Gasteiger partial charge in [-0.15, -0.1) is 11.3 Å². The number of hydrogen-bond donors (Lipinski definition) is 1. The van der Waals surface area contributed by atoms with Crippen molar-refractivity contribution in [3.05, 3.63) is 79.2 Å². The molecule has 2 aromatic carbocycles. The molecule has 1 heterocycles. The molecule has 1 aromatic heterocycles. The van der Waals surface area contributed by atoms with Crippen LogP contribution in [-0.2, 0) is 13.0 Å². The van der Waals surface area contributed by atoms with Crippen molar-refractivity contribution in [1.82, 2.24) is 4.98 Å². The van der Waals surface area contributed by atoms with Crippen LogP contribution in [0.4, 0.5) is 0 Å². The van der Waals surface area contributed by atoms with Crippen molar-refractivity contribution in [3.8, 4) is 5.75 Å². The molecule has 3 rings (SSSR count). The highest BCUT2D eigenvalue weighted by Crippen LogP contribution is 2.27. The number of halogens is 2. The molecule has 0 atom stereocenters. The van der Waals surface area contributed by atoms with Gasteiger partial charge in [0.25, 0.3) is 0 Å². The van der Waals surface area contributed by atoms with Gasteiger partial charge in [0.05, 0.1) is 5.01 Å². The van der Waals surface area contributed by atoms with Crippen molar-refractivity contribution < 1.29 is 14.6 Å². The lowest BCUT2D eigenvalue weighted by atomic mass is 10.1. The van der Waals surface area contributed by atoms with Crippen LogP contribution in [-0.4, -0.2) is 16.1 Å². The number of carbonyl (C=O) groups is 1. The molecule has 0 fully saturated rings. The van der Waals surface area contributed by atoms with Crippen molar-refractivity contribution in [1.29, 1.82) is 0 Å². The largest absolute Gasteiger partial charge is 0.489 e. The molecule has 128 valence electrons. The van der Waals surface area contributed by atoms with E-state index in [1.165, 1.54) is 11.3 Å². The fourth-order valence-electron chi connectivity index (χ4n) is 2.22. The summed E-state index contributed by atoms with van der Waals surface area (Å²) in [4.78, 5) is 15.1. The molecule has 0 saturated carbocycles. The maximum absolute atomic E-state index is 11.0. The Morgan fingerprint density at radius 3 is 2.68 bits per heavy atom. The average molecular weight is 439 g/mol. The molecule has 3 aromatic rings. The molecule has 0 aliphatic rings. The van der Waals surface area contributed by atoms with Crippen LogP contribution in [0.1, 0.15) is 26.6 Å². The molecule has 0 saturated heterocycles. The van der Waals surface area contributed by atoms with Crippen LogP contribution in [0.5, 0.6) is 5.75 Å². The lowest BCUT2D eigenvalue weighted by Gasteiger charge is -2.11. The van der Waals surface area contributed by atoms with Crippen molar-refractivity contribution in [2.24, 2.45) is 0 Å². The quantitative estimate of drug-likeness (QED) is 0.558. The second-order valence-corrected chi connectivity index (χ2v) is 7.57. The Balaban J connectivity index is 1.77. The molecule has 0 unspecified atom stereocenters. The molecule has 0 spiro atoms. The summed E-state index contributed by atoms with van der Waals surface area (Å²) in [7, 11) is 0. The highest BCUT2D eigenvalue weighted by Gasteiger charge is 2.12. The monoisotopic (exact) mass is 437 g/mol. The first kappa shape index (κ1) is 17.9. The number of aromatic carboxylic acids is 1. The summed E-state index contributed by atoms with van der Waals surface area (Å²) in [5.74, 6) is -0.277. The Hall–Kier alpha value is -1.89. The van der Waals surface area contributed by atoms with E-state index in [1.807, 2.05) is 42.5 Å². The predicted octanol–water partition coefficient (Wildman–Crippen LogP) is 5.43. The number of ether oxygens (including phenoxy) is 1. The third kappa shape index (κ3) is 4.81. The minimum Gasteiger partial charge on any atom is -0.489 e. The smallest absolute Gasteiger partial charge is 0.355 e. The van der Waals surface area contributed by atoms with Gasteiger partial charge in [-0.3, -0.25) is 0 Å². The summed E-state index contributed by atoms with van der Waals surface area (Å²) in [6, 6.07) is 13.2. The fourth-order valence-corrected chi connectivity index (χ4v) is 3.55. The van der Waals surface area contributed by atoms with E-state index in [0.717, 1.165) is 26.4 Å². The first-order valence-corrected chi connectivity index (χ1v) is 9.39. The molecular weight excluding hydrogens is 426 g/mol. The van der Waals surface area contributed by atoms with Crippen LogP contribution in [0.2, 0.25) is 5.02 Å². The Morgan fingerprint density at radius 1 is 1.24 bits per heavy atom. The van der Waals surface area contributed by atoms with E-state index in [9.17, 15) is 4.79 Å². The van der Waals surface area contributed by atoms with Crippen LogP contribution in [0.3, 0.4) is 0 Å². The van der Waals surface area contributed by atoms with Crippen molar-refractivity contribution >= 4 is 44.8 Å². The lowest BCUT2D eigenvalue weighted by Crippen LogP contribution is -2.00. The van der Waals surface area contributed by atoms with Gasteiger partial charge in [-0.25, -0.2) is 9.78 Å². The molecule has 0 radical (unpaired) electrons. The number of aromatic nitrogens is 1. The maximum atomic E-state index is 11.0. The molecule has 25 heavy (non-hydrogen) atoms. The van der Waals surface area contributed by atoms with E-state index >= 15 is 0 Å². The Kier molecular flexibility index (Phi) is 5.73. The second kappa shape index (κ2) is 7.99. The fraction of sp³-hybridized carbons (Fsp3) is 0.111. The van der Waals surface area contributed by atoms with Gasteiger partial charge in [-0.1, -0.05) is 39.7 Å². The standard InChI is InChI=1S/C18H13BrClNO3S/c19-13-3-6-16(24-9-11-1-4-14(20)5-2-11)12(7-13)8-17-21-15(10-25-17)18(22)23/h1-7,10H,8-9H2,(H,22,23). The average Bonchev–Trinajstić information content (AvgIpc) is 3.04. The molecule has 1 N–H and O–H groups in total. The van der Waals surface area contributed by atoms with Gasteiger partial charge in [-0.2, -0.15) is 0 Å². The summed E-state index contributed by atoms with van der Waals surface area (Å²) >= 11 is 10.7. The minimum atomic E-state index is -1.02. The number of rotatable bonds is 6. The van der Waals surface area contributed by atoms with E-state index in [2.05, 4.69) is 20.9 Å². The van der Waals surface area contributed by atoms with Gasteiger partial charge in [0.1, 0.15) is 12.4 Å². The maximum Gasteiger partial charge on any atom is 0.355 e. The summed E-state index contributed by atoms with van der Waals surface area (Å²) < 4.78 is 6.87. The first-order chi connectivity index (χ1) is 12.0. The number of hydrogen-bond acceptors (Lipinski definition) is 4. The number of thiazole rings is 1. The van der Waals surface area contributed by atoms with Gasteiger partial charge in [0.15, 0.2) is 5.69 Å². The zero-order valence-corrected chi connectivity index (χ0v) is 16.1. The predicted molar refractivity (Wildman–Crippen MR) is 102 cm³/mol. The number of nitrogens with zero attached hydrogens (tertiary/aromatic N) is 1. The summed E-state index contributed by atoms with van der Waals surface area (Å²) in [6.07, 6.45) is 0.507. The van der Waals surface area contributed by atoms with Crippen LogP contribution in [0.25, 0.3) is 0 Å². The van der Waals surface area contributed by atoms with E-state index in [0.29, 0.717) is 18.1 Å². The number of carboxylic acids is 1. The highest BCUT2D eigenvalue weighted by atomic mass is 79.9. The molecule has 4 nitrogen and oxygen atoms in total. The lowest BCUT2D eigenvalue weighted by molar-refractivity contribution is 0.0691. The zero-order chi connectivity index (χ0) is 17.8. The molecule has 0 bridgehead atoms. The van der Waals surface area contributed by atoms with Crippen LogP contribution < -0.4 is 4.74 Å². The first-order valence-electron chi connectivity index (χ1n) is 7.34. The molecule has 7 heteroatoms. The molecule has 0 amide bonds. The third-order valence-corrected chi connectivity index (χ3v) is 5.04. The second-order valence-electron chi connectivity index (χ2n) is 5.28. The Morgan fingerprint density at radius 2 is 2.00 bits per heavy atom. The summed E-state index contributed by atoms with van der Waals surface area (Å²) in [5.41, 5.74) is 2.02. The van der Waals surface area contributed by atoms with Gasteiger partial charge in [-0.05, 0) is 35.9 Å². The van der Waals surface area contributed by atoms with Crippen LogP contribution in [0.15, 0.2) is 52.3 Å². The Labute approximate surface area is 162 Å². The number of benzene rings is 2. The number of carboxylic acid groups (broad SMARTS) is 1. The molecule has 0 aliphatic carbocycles. The molecule has 0 aliphatic heterocycles. The third-order valence-electron chi connectivity index (χ3n) is 3.44. The normalized spacial score (nSPS) is 10.6. The van der Waals surface area contributed by atoms with E-state index < -0.39 is 5.97 Å². The van der Waals surface area contributed by atoms with E-state index in [1.54, 1.807) is 5.38 Å². The molecular formula is C18H13BrClNO3S. The summed E-state index contributed by atoms with van der Waals surface area (Å²) in [5, 5.41) is 12.0.